The summed E-state index contributed by atoms with van der Waals surface area (Å²) >= 11 is 0. The first-order chi connectivity index (χ1) is 10.3. The Morgan fingerprint density at radius 1 is 1.14 bits per heavy atom. The molecule has 2 atom stereocenters. The normalized spacial score (nSPS) is 21.7. The number of fused-ring (bicyclic) bond motifs is 1. The van der Waals surface area contributed by atoms with E-state index in [-0.39, 0.29) is 12.1 Å². The Kier molecular flexibility index (Phi) is 4.01. The number of hydrogen-bond acceptors (Lipinski definition) is 2. The van der Waals surface area contributed by atoms with Crippen LogP contribution in [0.25, 0.3) is 4.85 Å². The molecule has 0 radical (unpaired) electrons. The van der Waals surface area contributed by atoms with E-state index >= 15 is 0 Å². The minimum absolute atomic E-state index is 0.0755. The quantitative estimate of drug-likeness (QED) is 0.809. The van der Waals surface area contributed by atoms with Gasteiger partial charge in [0.05, 0.1) is 6.57 Å². The fourth-order valence-corrected chi connectivity index (χ4v) is 2.81. The summed E-state index contributed by atoms with van der Waals surface area (Å²) in [6.45, 7) is 7.84. The Bertz CT molecular complexity index is 661. The molecule has 0 saturated carbocycles. The lowest BCUT2D eigenvalue weighted by Crippen LogP contribution is -2.28. The molecule has 0 saturated heterocycles. The minimum atomic E-state index is -0.0755. The van der Waals surface area contributed by atoms with E-state index in [0.29, 0.717) is 12.3 Å². The third-order valence-corrected chi connectivity index (χ3v) is 3.90. The Balaban J connectivity index is 2.08. The number of hydrogen-bond donors (Lipinski definition) is 1. The molecule has 0 spiro atoms. The standard InChI is InChI=1S/C18H18N2O/c1-20-16-7-8-17-14(12-16)11-15(19)9-10-21-18(17)13-5-3-2-4-6-13/h2-8,12,15,18H,9-11,19H2. The van der Waals surface area contributed by atoms with Crippen molar-refractivity contribution in [2.45, 2.75) is 25.0 Å². The first-order valence-electron chi connectivity index (χ1n) is 7.20. The Hall–Kier alpha value is -2.15. The molecule has 0 aromatic heterocycles. The summed E-state index contributed by atoms with van der Waals surface area (Å²) in [4.78, 5) is 3.52. The predicted octanol–water partition coefficient (Wildman–Crippen LogP) is 3.62. The van der Waals surface area contributed by atoms with Crippen LogP contribution >= 0.6 is 0 Å². The van der Waals surface area contributed by atoms with E-state index in [9.17, 15) is 0 Å². The smallest absolute Gasteiger partial charge is 0.187 e. The monoisotopic (exact) mass is 278 g/mol. The van der Waals surface area contributed by atoms with Crippen molar-refractivity contribution in [2.24, 2.45) is 5.73 Å². The molecule has 106 valence electrons. The molecule has 0 aliphatic carbocycles. The maximum Gasteiger partial charge on any atom is 0.187 e. The summed E-state index contributed by atoms with van der Waals surface area (Å²) in [6, 6.07) is 16.1. The summed E-state index contributed by atoms with van der Waals surface area (Å²) < 4.78 is 6.08. The summed E-state index contributed by atoms with van der Waals surface area (Å²) in [6.07, 6.45) is 1.56. The first-order valence-corrected chi connectivity index (χ1v) is 7.20. The second-order valence-electron chi connectivity index (χ2n) is 5.41. The van der Waals surface area contributed by atoms with Gasteiger partial charge < -0.3 is 10.5 Å². The van der Waals surface area contributed by atoms with E-state index in [1.54, 1.807) is 0 Å². The van der Waals surface area contributed by atoms with Crippen LogP contribution in [0.5, 0.6) is 0 Å². The van der Waals surface area contributed by atoms with Crippen molar-refractivity contribution in [3.63, 3.8) is 0 Å². The predicted molar refractivity (Wildman–Crippen MR) is 83.2 cm³/mol. The van der Waals surface area contributed by atoms with Gasteiger partial charge in [0, 0.05) is 12.6 Å². The van der Waals surface area contributed by atoms with Crippen LogP contribution < -0.4 is 5.73 Å². The highest BCUT2D eigenvalue weighted by molar-refractivity contribution is 5.51. The van der Waals surface area contributed by atoms with Crippen molar-refractivity contribution < 1.29 is 4.74 Å². The van der Waals surface area contributed by atoms with Crippen LogP contribution in [0, 0.1) is 6.57 Å². The lowest BCUT2D eigenvalue weighted by atomic mass is 9.91. The topological polar surface area (TPSA) is 39.6 Å². The lowest BCUT2D eigenvalue weighted by molar-refractivity contribution is 0.0704. The van der Waals surface area contributed by atoms with Gasteiger partial charge in [-0.05, 0) is 24.0 Å². The van der Waals surface area contributed by atoms with Crippen LogP contribution in [-0.4, -0.2) is 12.6 Å². The highest BCUT2D eigenvalue weighted by atomic mass is 16.5. The first kappa shape index (κ1) is 13.8. The van der Waals surface area contributed by atoms with Crippen molar-refractivity contribution >= 4 is 5.69 Å². The van der Waals surface area contributed by atoms with E-state index < -0.39 is 0 Å². The number of nitrogens with two attached hydrogens (primary N) is 1. The number of ether oxygens (including phenoxy) is 1. The molecule has 0 amide bonds. The molecule has 2 N–H and O–H groups in total. The van der Waals surface area contributed by atoms with Gasteiger partial charge in [0.2, 0.25) is 0 Å². The summed E-state index contributed by atoms with van der Waals surface area (Å²) in [5.74, 6) is 0. The zero-order valence-electron chi connectivity index (χ0n) is 11.8. The number of nitrogens with zero attached hydrogens (tertiary/aromatic N) is 1. The highest BCUT2D eigenvalue weighted by Gasteiger charge is 2.22. The molecule has 1 aliphatic heterocycles. The van der Waals surface area contributed by atoms with Gasteiger partial charge in [-0.3, -0.25) is 0 Å². The Morgan fingerprint density at radius 3 is 2.71 bits per heavy atom. The number of rotatable bonds is 1. The van der Waals surface area contributed by atoms with E-state index in [1.807, 2.05) is 36.4 Å². The van der Waals surface area contributed by atoms with E-state index in [2.05, 4.69) is 17.0 Å². The maximum absolute atomic E-state index is 7.19. The molecule has 3 rings (SSSR count). The van der Waals surface area contributed by atoms with Gasteiger partial charge in [0.25, 0.3) is 0 Å². The van der Waals surface area contributed by atoms with Gasteiger partial charge in [-0.15, -0.1) is 0 Å². The van der Waals surface area contributed by atoms with E-state index in [1.165, 1.54) is 0 Å². The van der Waals surface area contributed by atoms with Gasteiger partial charge in [-0.25, -0.2) is 4.85 Å². The van der Waals surface area contributed by atoms with Crippen LogP contribution in [0.1, 0.15) is 29.2 Å². The second kappa shape index (κ2) is 6.09. The average molecular weight is 278 g/mol. The molecule has 3 heteroatoms. The zero-order valence-corrected chi connectivity index (χ0v) is 11.8. The molecule has 21 heavy (non-hydrogen) atoms. The third kappa shape index (κ3) is 2.97. The molecule has 0 fully saturated rings. The molecule has 0 bridgehead atoms. The molecule has 3 nitrogen and oxygen atoms in total. The third-order valence-electron chi connectivity index (χ3n) is 3.90. The van der Waals surface area contributed by atoms with Gasteiger partial charge in [-0.2, -0.15) is 0 Å². The fraction of sp³-hybridized carbons (Fsp3) is 0.278. The SMILES string of the molecule is [C-]#[N+]c1ccc2c(c1)CC(N)CCOC2c1ccccc1. The van der Waals surface area contributed by atoms with Crippen molar-refractivity contribution in [1.29, 1.82) is 0 Å². The van der Waals surface area contributed by atoms with Crippen molar-refractivity contribution in [3.05, 3.63) is 76.6 Å². The van der Waals surface area contributed by atoms with Crippen LogP contribution in [-0.2, 0) is 11.2 Å². The van der Waals surface area contributed by atoms with Crippen molar-refractivity contribution in [1.82, 2.24) is 0 Å². The molecule has 2 aromatic rings. The molecular formula is C18H18N2O. The highest BCUT2D eigenvalue weighted by Crippen LogP contribution is 2.33. The Morgan fingerprint density at radius 2 is 1.95 bits per heavy atom. The van der Waals surface area contributed by atoms with Crippen LogP contribution in [0.4, 0.5) is 5.69 Å². The van der Waals surface area contributed by atoms with Gasteiger partial charge in [-0.1, -0.05) is 54.1 Å². The average Bonchev–Trinajstić information content (AvgIpc) is 2.51. The number of benzene rings is 2. The van der Waals surface area contributed by atoms with Gasteiger partial charge >= 0.3 is 0 Å². The fourth-order valence-electron chi connectivity index (χ4n) is 2.81. The van der Waals surface area contributed by atoms with Crippen LogP contribution in [0.15, 0.2) is 48.5 Å². The van der Waals surface area contributed by atoms with Gasteiger partial charge in [0.15, 0.2) is 5.69 Å². The van der Waals surface area contributed by atoms with Crippen LogP contribution in [0.3, 0.4) is 0 Å². The van der Waals surface area contributed by atoms with Crippen molar-refractivity contribution in [3.8, 4) is 0 Å². The summed E-state index contributed by atoms with van der Waals surface area (Å²) in [7, 11) is 0. The molecule has 1 aliphatic rings. The van der Waals surface area contributed by atoms with Gasteiger partial charge in [0.1, 0.15) is 6.10 Å². The molecule has 1 heterocycles. The zero-order chi connectivity index (χ0) is 14.7. The molecular weight excluding hydrogens is 260 g/mol. The van der Waals surface area contributed by atoms with E-state index in [0.717, 1.165) is 29.5 Å². The van der Waals surface area contributed by atoms with E-state index in [4.69, 9.17) is 17.0 Å². The Labute approximate surface area is 125 Å². The molecule has 2 unspecified atom stereocenters. The maximum atomic E-state index is 7.19. The lowest BCUT2D eigenvalue weighted by Gasteiger charge is -2.27. The molecule has 2 aromatic carbocycles. The van der Waals surface area contributed by atoms with Crippen molar-refractivity contribution in [2.75, 3.05) is 6.61 Å². The largest absolute Gasteiger partial charge is 0.369 e. The van der Waals surface area contributed by atoms with Crippen LogP contribution in [0.2, 0.25) is 0 Å². The second-order valence-corrected chi connectivity index (χ2v) is 5.41. The summed E-state index contributed by atoms with van der Waals surface area (Å²) in [5.41, 5.74) is 10.2. The minimum Gasteiger partial charge on any atom is -0.369 e. The summed E-state index contributed by atoms with van der Waals surface area (Å²) in [5, 5.41) is 0.